The molecule has 3 aromatic rings. The molecule has 3 fully saturated rings. The number of anilines is 2. The van der Waals surface area contributed by atoms with Gasteiger partial charge in [-0.15, -0.1) is 0 Å². The summed E-state index contributed by atoms with van der Waals surface area (Å²) in [5.41, 5.74) is 1.75. The van der Waals surface area contributed by atoms with E-state index in [9.17, 15) is 22.8 Å². The number of hydrogen-bond donors (Lipinski definition) is 1. The molecule has 2 amide bonds. The number of rotatable bonds is 8. The third-order valence-corrected chi connectivity index (χ3v) is 12.4. The fraction of sp³-hybridized carbons (Fsp3) is 0.514. The minimum Gasteiger partial charge on any atom is -0.422 e. The molecule has 5 heterocycles. The molecule has 1 N–H and O–H groups in total. The lowest BCUT2D eigenvalue weighted by atomic mass is 9.80. The van der Waals surface area contributed by atoms with E-state index in [1.165, 1.54) is 15.9 Å². The van der Waals surface area contributed by atoms with Gasteiger partial charge in [0.25, 0.3) is 11.8 Å². The van der Waals surface area contributed by atoms with Gasteiger partial charge in [0.1, 0.15) is 11.4 Å². The van der Waals surface area contributed by atoms with Crippen LogP contribution in [0.1, 0.15) is 37.4 Å². The van der Waals surface area contributed by atoms with E-state index in [0.29, 0.717) is 47.9 Å². The SMILES string of the molecule is COCC1CN(c2cc(Cl)c3c4c(c(=O)oc3c2C)CN(C(=O)c2cc(N(C)C)c(C(=O)NS(=O)(=O)N3CC5(COC5)C3)cc2F)CC4)CCN1C. The number of carbonyl (C=O) groups is 2. The summed E-state index contributed by atoms with van der Waals surface area (Å²) in [7, 11) is 2.75. The van der Waals surface area contributed by atoms with Crippen molar-refractivity contribution in [1.82, 2.24) is 18.8 Å². The van der Waals surface area contributed by atoms with Crippen LogP contribution in [0.3, 0.4) is 0 Å². The van der Waals surface area contributed by atoms with Crippen LogP contribution in [0.5, 0.6) is 0 Å². The second-order valence-corrected chi connectivity index (χ2v) is 16.6. The summed E-state index contributed by atoms with van der Waals surface area (Å²) in [4.78, 5) is 47.9. The Bertz CT molecular complexity index is 2130. The van der Waals surface area contributed by atoms with Gasteiger partial charge >= 0.3 is 15.8 Å². The van der Waals surface area contributed by atoms with Crippen LogP contribution in [0, 0.1) is 18.2 Å². The first-order valence-electron chi connectivity index (χ1n) is 17.0. The number of methoxy groups -OCH3 is 1. The van der Waals surface area contributed by atoms with E-state index in [0.717, 1.165) is 34.7 Å². The fourth-order valence-corrected chi connectivity index (χ4v) is 9.34. The molecule has 4 aliphatic rings. The molecule has 7 rings (SSSR count). The number of nitrogens with zero attached hydrogens (tertiary/aromatic N) is 5. The van der Waals surface area contributed by atoms with Crippen molar-refractivity contribution in [2.45, 2.75) is 25.9 Å². The maximum absolute atomic E-state index is 15.7. The molecule has 14 nitrogen and oxygen atoms in total. The zero-order valence-electron chi connectivity index (χ0n) is 29.8. The Morgan fingerprint density at radius 1 is 1.12 bits per heavy atom. The van der Waals surface area contributed by atoms with Crippen LogP contribution in [0.4, 0.5) is 15.8 Å². The Kier molecular flexibility index (Phi) is 9.53. The van der Waals surface area contributed by atoms with Crippen LogP contribution < -0.4 is 20.1 Å². The quantitative estimate of drug-likeness (QED) is 0.338. The lowest BCUT2D eigenvalue weighted by Crippen LogP contribution is -2.68. The molecule has 0 saturated carbocycles. The molecule has 0 bridgehead atoms. The number of likely N-dealkylation sites (N-methyl/N-ethyl adjacent to an activating group) is 1. The van der Waals surface area contributed by atoms with Crippen LogP contribution in [-0.2, 0) is 32.6 Å². The molecule has 52 heavy (non-hydrogen) atoms. The number of benzene rings is 2. The fourth-order valence-electron chi connectivity index (χ4n) is 7.67. The molecule has 1 aromatic heterocycles. The molecule has 1 spiro atoms. The number of carbonyl (C=O) groups excluding carboxylic acids is 2. The predicted molar refractivity (Wildman–Crippen MR) is 193 cm³/mol. The first-order chi connectivity index (χ1) is 24.6. The molecular formula is C35H42ClFN6O8S. The minimum atomic E-state index is -4.18. The molecule has 0 radical (unpaired) electrons. The van der Waals surface area contributed by atoms with Crippen molar-refractivity contribution in [1.29, 1.82) is 0 Å². The van der Waals surface area contributed by atoms with Crippen molar-refractivity contribution >= 4 is 56.0 Å². The highest BCUT2D eigenvalue weighted by Gasteiger charge is 2.53. The maximum atomic E-state index is 15.7. The smallest absolute Gasteiger partial charge is 0.341 e. The third-order valence-electron chi connectivity index (χ3n) is 10.7. The van der Waals surface area contributed by atoms with Crippen LogP contribution in [0.2, 0.25) is 5.02 Å². The van der Waals surface area contributed by atoms with E-state index in [4.69, 9.17) is 25.5 Å². The van der Waals surface area contributed by atoms with Crippen LogP contribution >= 0.6 is 11.6 Å². The second-order valence-electron chi connectivity index (χ2n) is 14.5. The van der Waals surface area contributed by atoms with E-state index in [2.05, 4.69) is 16.8 Å². The lowest BCUT2D eigenvalue weighted by Gasteiger charge is -2.53. The van der Waals surface area contributed by atoms with Crippen molar-refractivity contribution in [3.63, 3.8) is 0 Å². The number of nitrogens with one attached hydrogen (secondary N) is 1. The van der Waals surface area contributed by atoms with Crippen molar-refractivity contribution < 1.29 is 36.3 Å². The maximum Gasteiger partial charge on any atom is 0.341 e. The molecular weight excluding hydrogens is 719 g/mol. The Labute approximate surface area is 306 Å². The van der Waals surface area contributed by atoms with Gasteiger partial charge in [-0.3, -0.25) is 14.5 Å². The molecule has 2 aromatic carbocycles. The normalized spacial score (nSPS) is 20.4. The van der Waals surface area contributed by atoms with Gasteiger partial charge in [-0.05, 0) is 44.2 Å². The highest BCUT2D eigenvalue weighted by molar-refractivity contribution is 7.87. The van der Waals surface area contributed by atoms with Gasteiger partial charge in [0.05, 0.1) is 59.8 Å². The number of fused-ring (bicyclic) bond motifs is 3. The van der Waals surface area contributed by atoms with E-state index >= 15 is 4.39 Å². The number of amides is 2. The summed E-state index contributed by atoms with van der Waals surface area (Å²) in [5, 5.41) is 1.05. The Morgan fingerprint density at radius 2 is 1.85 bits per heavy atom. The number of piperazine rings is 1. The molecule has 3 saturated heterocycles. The summed E-state index contributed by atoms with van der Waals surface area (Å²) >= 11 is 6.93. The van der Waals surface area contributed by atoms with Crippen molar-refractivity contribution in [2.24, 2.45) is 5.41 Å². The average Bonchev–Trinajstić information content (AvgIpc) is 3.05. The molecule has 280 valence electrons. The number of halogens is 2. The van der Waals surface area contributed by atoms with Gasteiger partial charge in [-0.25, -0.2) is 13.9 Å². The number of hydrogen-bond acceptors (Lipinski definition) is 11. The summed E-state index contributed by atoms with van der Waals surface area (Å²) < 4.78 is 61.2. The molecule has 0 aliphatic carbocycles. The van der Waals surface area contributed by atoms with Gasteiger partial charge in [0.2, 0.25) is 0 Å². The van der Waals surface area contributed by atoms with E-state index < -0.39 is 33.5 Å². The molecule has 17 heteroatoms. The summed E-state index contributed by atoms with van der Waals surface area (Å²) in [6.07, 6.45) is 0.274. The summed E-state index contributed by atoms with van der Waals surface area (Å²) in [6.45, 7) is 6.18. The Balaban J connectivity index is 1.13. The number of ether oxygens (including phenoxy) is 2. The largest absolute Gasteiger partial charge is 0.422 e. The summed E-state index contributed by atoms with van der Waals surface area (Å²) in [6, 6.07) is 4.17. The van der Waals surface area contributed by atoms with E-state index in [1.807, 2.05) is 17.7 Å². The standard InChI is InChI=1S/C35H42ClFN6O8S/c1-20-28(41-9-8-40(4)21(13-41)15-49-5)12-26(36)30-22-6-7-42(14-25(22)34(46)51-31(20)30)33(45)23-11-29(39(2)3)24(10-27(23)37)32(44)38-52(47,48)43-16-35(17-43)18-50-19-35/h10-12,21H,6-9,13-19H2,1-5H3,(H,38,44). The zero-order chi connectivity index (χ0) is 37.3. The van der Waals surface area contributed by atoms with Gasteiger partial charge in [-0.2, -0.15) is 12.7 Å². The predicted octanol–water partition coefficient (Wildman–Crippen LogP) is 2.23. The van der Waals surface area contributed by atoms with Crippen molar-refractivity contribution in [3.05, 3.63) is 67.3 Å². The molecule has 1 unspecified atom stereocenters. The van der Waals surface area contributed by atoms with Crippen molar-refractivity contribution in [2.75, 3.05) is 97.1 Å². The topological polar surface area (TPSA) is 145 Å². The van der Waals surface area contributed by atoms with Crippen LogP contribution in [-0.4, -0.2) is 128 Å². The first-order valence-corrected chi connectivity index (χ1v) is 18.9. The highest BCUT2D eigenvalue weighted by Crippen LogP contribution is 2.40. The number of aryl methyl sites for hydroxylation is 1. The molecule has 1 atom stereocenters. The van der Waals surface area contributed by atoms with E-state index in [-0.39, 0.29) is 66.4 Å². The third kappa shape index (κ3) is 6.32. The van der Waals surface area contributed by atoms with Gasteiger partial charge in [-0.1, -0.05) is 11.6 Å². The van der Waals surface area contributed by atoms with Crippen LogP contribution in [0.25, 0.3) is 11.0 Å². The lowest BCUT2D eigenvalue weighted by molar-refractivity contribution is -0.167. The Morgan fingerprint density at radius 3 is 2.50 bits per heavy atom. The van der Waals surface area contributed by atoms with E-state index in [1.54, 1.807) is 21.2 Å². The van der Waals surface area contributed by atoms with Gasteiger partial charge in [0.15, 0.2) is 0 Å². The summed E-state index contributed by atoms with van der Waals surface area (Å²) in [5.74, 6) is -2.73. The monoisotopic (exact) mass is 760 g/mol. The molecule has 4 aliphatic heterocycles. The van der Waals surface area contributed by atoms with Crippen molar-refractivity contribution in [3.8, 4) is 0 Å². The Hall–Kier alpha value is -3.80. The van der Waals surface area contributed by atoms with Gasteiger partial charge in [0, 0.05) is 82.5 Å². The highest BCUT2D eigenvalue weighted by atomic mass is 35.5. The minimum absolute atomic E-state index is 0.139. The van der Waals surface area contributed by atoms with Crippen LogP contribution in [0.15, 0.2) is 27.4 Å². The van der Waals surface area contributed by atoms with Gasteiger partial charge < -0.3 is 28.6 Å². The zero-order valence-corrected chi connectivity index (χ0v) is 31.3. The second kappa shape index (κ2) is 13.6. The average molecular weight is 761 g/mol. The first kappa shape index (κ1) is 36.6.